The van der Waals surface area contributed by atoms with Gasteiger partial charge in [-0.15, -0.1) is 0 Å². The highest BCUT2D eigenvalue weighted by atomic mass is 35.5. The summed E-state index contributed by atoms with van der Waals surface area (Å²) in [6.07, 6.45) is 0.913. The lowest BCUT2D eigenvalue weighted by molar-refractivity contribution is 0.241. The van der Waals surface area contributed by atoms with Crippen molar-refractivity contribution in [1.82, 2.24) is 0 Å². The smallest absolute Gasteiger partial charge is 0.264 e. The van der Waals surface area contributed by atoms with E-state index < -0.39 is 10.1 Å². The Hall–Kier alpha value is -0.490. The quantitative estimate of drug-likeness (QED) is 0.783. The van der Waals surface area contributed by atoms with Gasteiger partial charge in [-0.05, 0) is 26.0 Å². The maximum absolute atomic E-state index is 11.0. The van der Waals surface area contributed by atoms with E-state index in [-0.39, 0.29) is 17.7 Å². The second-order valence-corrected chi connectivity index (χ2v) is 6.40. The van der Waals surface area contributed by atoms with Crippen molar-refractivity contribution in [2.24, 2.45) is 0 Å². The number of ether oxygens (including phenoxy) is 1. The summed E-state index contributed by atoms with van der Waals surface area (Å²) in [5, 5.41) is 0.597. The Balaban J connectivity index is 3.03. The highest BCUT2D eigenvalue weighted by Crippen LogP contribution is 2.34. The van der Waals surface area contributed by atoms with E-state index >= 15 is 0 Å². The van der Waals surface area contributed by atoms with Crippen molar-refractivity contribution in [2.45, 2.75) is 26.6 Å². The molecule has 1 rings (SSSR count). The molecule has 18 heavy (non-hydrogen) atoms. The summed E-state index contributed by atoms with van der Waals surface area (Å²) in [5.41, 5.74) is 0.391. The van der Waals surface area contributed by atoms with E-state index in [0.717, 1.165) is 6.26 Å². The Kier molecular flexibility index (Phi) is 5.28. The van der Waals surface area contributed by atoms with Gasteiger partial charge in [0.2, 0.25) is 0 Å². The monoisotopic (exact) mass is 312 g/mol. The lowest BCUT2D eigenvalue weighted by Crippen LogP contribution is -2.08. The van der Waals surface area contributed by atoms with E-state index in [1.54, 1.807) is 12.1 Å². The van der Waals surface area contributed by atoms with Crippen molar-refractivity contribution < 1.29 is 17.3 Å². The maximum atomic E-state index is 11.0. The molecule has 0 aromatic heterocycles. The first kappa shape index (κ1) is 15.6. The maximum Gasteiger partial charge on any atom is 0.264 e. The van der Waals surface area contributed by atoms with Gasteiger partial charge in [-0.2, -0.15) is 8.42 Å². The molecule has 1 aromatic carbocycles. The fourth-order valence-corrected chi connectivity index (χ4v) is 2.08. The first-order valence-electron chi connectivity index (χ1n) is 5.18. The van der Waals surface area contributed by atoms with Gasteiger partial charge in [0.1, 0.15) is 5.75 Å². The molecular formula is C11H14Cl2O4S. The topological polar surface area (TPSA) is 52.6 Å². The Morgan fingerprint density at radius 2 is 1.89 bits per heavy atom. The SMILES string of the molecule is CC(C)Oc1ccc(Cl)c(COS(C)(=O)=O)c1Cl. The molecule has 0 fully saturated rings. The molecule has 0 aliphatic carbocycles. The zero-order valence-corrected chi connectivity index (χ0v) is 12.6. The van der Waals surface area contributed by atoms with Crippen molar-refractivity contribution in [3.63, 3.8) is 0 Å². The second-order valence-electron chi connectivity index (χ2n) is 3.97. The summed E-state index contributed by atoms with van der Waals surface area (Å²) >= 11 is 12.1. The molecular weight excluding hydrogens is 299 g/mol. The Bertz CT molecular complexity index is 526. The number of halogens is 2. The summed E-state index contributed by atoms with van der Waals surface area (Å²) in [6.45, 7) is 3.50. The number of benzene rings is 1. The van der Waals surface area contributed by atoms with Crippen molar-refractivity contribution in [3.05, 3.63) is 27.7 Å². The molecule has 0 atom stereocenters. The van der Waals surface area contributed by atoms with Crippen LogP contribution in [0.4, 0.5) is 0 Å². The molecule has 0 heterocycles. The van der Waals surface area contributed by atoms with E-state index in [4.69, 9.17) is 27.9 Å². The second kappa shape index (κ2) is 6.10. The van der Waals surface area contributed by atoms with Crippen LogP contribution in [-0.2, 0) is 20.9 Å². The molecule has 0 saturated carbocycles. The molecule has 0 spiro atoms. The largest absolute Gasteiger partial charge is 0.489 e. The van der Waals surface area contributed by atoms with Crippen LogP contribution < -0.4 is 4.74 Å². The third kappa shape index (κ3) is 4.65. The lowest BCUT2D eigenvalue weighted by Gasteiger charge is -2.14. The van der Waals surface area contributed by atoms with Gasteiger partial charge >= 0.3 is 0 Å². The van der Waals surface area contributed by atoms with E-state index in [1.165, 1.54) is 0 Å². The van der Waals surface area contributed by atoms with Crippen LogP contribution in [0.25, 0.3) is 0 Å². The standard InChI is InChI=1S/C11H14Cl2O4S/c1-7(2)17-10-5-4-9(12)8(11(10)13)6-16-18(3,14)15/h4-5,7H,6H2,1-3H3. The molecule has 0 unspecified atom stereocenters. The van der Waals surface area contributed by atoms with E-state index in [1.807, 2.05) is 13.8 Å². The van der Waals surface area contributed by atoms with Crippen LogP contribution in [-0.4, -0.2) is 20.8 Å². The van der Waals surface area contributed by atoms with Gasteiger partial charge in [-0.25, -0.2) is 0 Å². The highest BCUT2D eigenvalue weighted by molar-refractivity contribution is 7.85. The molecule has 1 aromatic rings. The van der Waals surface area contributed by atoms with Crippen molar-refractivity contribution >= 4 is 33.3 Å². The number of hydrogen-bond donors (Lipinski definition) is 0. The zero-order valence-electron chi connectivity index (χ0n) is 10.2. The Labute approximate surface area is 117 Å². The summed E-state index contributed by atoms with van der Waals surface area (Å²) in [4.78, 5) is 0. The first-order chi connectivity index (χ1) is 8.20. The third-order valence-electron chi connectivity index (χ3n) is 1.93. The summed E-state index contributed by atoms with van der Waals surface area (Å²) < 4.78 is 32.1. The molecule has 0 radical (unpaired) electrons. The fourth-order valence-electron chi connectivity index (χ4n) is 1.22. The average molecular weight is 313 g/mol. The van der Waals surface area contributed by atoms with Gasteiger partial charge in [-0.3, -0.25) is 4.18 Å². The van der Waals surface area contributed by atoms with Crippen LogP contribution in [0.1, 0.15) is 19.4 Å². The van der Waals surface area contributed by atoms with Gasteiger partial charge in [0.15, 0.2) is 0 Å². The fraction of sp³-hybridized carbons (Fsp3) is 0.455. The molecule has 0 bridgehead atoms. The Morgan fingerprint density at radius 1 is 1.28 bits per heavy atom. The van der Waals surface area contributed by atoms with Crippen molar-refractivity contribution in [3.8, 4) is 5.75 Å². The summed E-state index contributed by atoms with van der Waals surface area (Å²) in [5.74, 6) is 0.447. The minimum Gasteiger partial charge on any atom is -0.489 e. The zero-order chi connectivity index (χ0) is 13.9. The first-order valence-corrected chi connectivity index (χ1v) is 7.76. The predicted octanol–water partition coefficient (Wildman–Crippen LogP) is 3.26. The van der Waals surface area contributed by atoms with Crippen molar-refractivity contribution in [1.29, 1.82) is 0 Å². The molecule has 7 heteroatoms. The van der Waals surface area contributed by atoms with Crippen LogP contribution in [0.2, 0.25) is 10.0 Å². The number of rotatable bonds is 5. The van der Waals surface area contributed by atoms with Gasteiger partial charge in [0.25, 0.3) is 10.1 Å². The Morgan fingerprint density at radius 3 is 2.39 bits per heavy atom. The number of hydrogen-bond acceptors (Lipinski definition) is 4. The minimum atomic E-state index is -3.55. The third-order valence-corrected chi connectivity index (χ3v) is 3.25. The molecule has 0 aliphatic heterocycles. The average Bonchev–Trinajstić information content (AvgIpc) is 2.20. The minimum absolute atomic E-state index is 0.0487. The molecule has 102 valence electrons. The van der Waals surface area contributed by atoms with Crippen LogP contribution in [0, 0.1) is 0 Å². The predicted molar refractivity (Wildman–Crippen MR) is 71.9 cm³/mol. The normalized spacial score (nSPS) is 11.9. The van der Waals surface area contributed by atoms with E-state index in [9.17, 15) is 8.42 Å². The molecule has 0 N–H and O–H groups in total. The van der Waals surface area contributed by atoms with Gasteiger partial charge in [0.05, 0.1) is 24.0 Å². The van der Waals surface area contributed by atoms with Crippen LogP contribution in [0.5, 0.6) is 5.75 Å². The molecule has 4 nitrogen and oxygen atoms in total. The van der Waals surface area contributed by atoms with Crippen LogP contribution in [0.15, 0.2) is 12.1 Å². The molecule has 0 saturated heterocycles. The van der Waals surface area contributed by atoms with Gasteiger partial charge < -0.3 is 4.74 Å². The van der Waals surface area contributed by atoms with Gasteiger partial charge in [0, 0.05) is 10.6 Å². The van der Waals surface area contributed by atoms with E-state index in [0.29, 0.717) is 16.3 Å². The van der Waals surface area contributed by atoms with Crippen LogP contribution in [0.3, 0.4) is 0 Å². The van der Waals surface area contributed by atoms with Crippen LogP contribution >= 0.6 is 23.2 Å². The molecule has 0 amide bonds. The van der Waals surface area contributed by atoms with Crippen molar-refractivity contribution in [2.75, 3.05) is 6.26 Å². The van der Waals surface area contributed by atoms with Gasteiger partial charge in [-0.1, -0.05) is 23.2 Å². The summed E-state index contributed by atoms with van der Waals surface area (Å²) in [6, 6.07) is 3.22. The molecule has 0 aliphatic rings. The van der Waals surface area contributed by atoms with E-state index in [2.05, 4.69) is 4.18 Å². The highest BCUT2D eigenvalue weighted by Gasteiger charge is 2.15. The summed E-state index contributed by atoms with van der Waals surface area (Å²) in [7, 11) is -3.55. The lowest BCUT2D eigenvalue weighted by atomic mass is 10.2.